The van der Waals surface area contributed by atoms with E-state index < -0.39 is 18.2 Å². The van der Waals surface area contributed by atoms with Crippen molar-refractivity contribution >= 4 is 17.7 Å². The van der Waals surface area contributed by atoms with Gasteiger partial charge in [0.2, 0.25) is 17.7 Å². The molecule has 0 unspecified atom stereocenters. The van der Waals surface area contributed by atoms with Gasteiger partial charge in [0.15, 0.2) is 0 Å². The molecule has 0 radical (unpaired) electrons. The van der Waals surface area contributed by atoms with Crippen LogP contribution < -0.4 is 0 Å². The zero-order valence-electron chi connectivity index (χ0n) is 26.4. The van der Waals surface area contributed by atoms with Gasteiger partial charge in [-0.1, -0.05) is 65.2 Å². The smallest absolute Gasteiger partial charge is 0.241 e. The first-order chi connectivity index (χ1) is 19.5. The molecule has 0 aromatic heterocycles. The Labute approximate surface area is 249 Å². The number of nitrogens with zero attached hydrogens (tertiary/aromatic N) is 3. The normalized spacial score (nSPS) is 20.9. The van der Waals surface area contributed by atoms with Crippen LogP contribution in [0.4, 0.5) is 0 Å². The highest BCUT2D eigenvalue weighted by Gasteiger charge is 2.39. The molecule has 0 bridgehead atoms. The summed E-state index contributed by atoms with van der Waals surface area (Å²) in [4.78, 5) is 45.0. The molecule has 2 N–H and O–H groups in total. The lowest BCUT2D eigenvalue weighted by Crippen LogP contribution is -2.53. The number of aliphatic hydroxyl groups excluding tert-OH is 2. The summed E-state index contributed by atoms with van der Waals surface area (Å²) in [5, 5.41) is 22.4. The van der Waals surface area contributed by atoms with Crippen molar-refractivity contribution in [1.29, 1.82) is 0 Å². The Morgan fingerprint density at radius 3 is 1.78 bits per heavy atom. The summed E-state index contributed by atoms with van der Waals surface area (Å²) in [5.41, 5.74) is 0. The molecular formula is C33H59N3O5. The second-order valence-corrected chi connectivity index (χ2v) is 14.1. The van der Waals surface area contributed by atoms with E-state index in [-0.39, 0.29) is 43.0 Å². The first kappa shape index (κ1) is 33.8. The number of aliphatic hydroxyl groups is 2. The van der Waals surface area contributed by atoms with E-state index in [0.29, 0.717) is 43.7 Å². The number of carbonyl (C=O) groups is 3. The van der Waals surface area contributed by atoms with Gasteiger partial charge in [-0.2, -0.15) is 0 Å². The lowest BCUT2D eigenvalue weighted by molar-refractivity contribution is -0.144. The van der Waals surface area contributed by atoms with Crippen molar-refractivity contribution in [2.24, 2.45) is 23.7 Å². The first-order valence-corrected chi connectivity index (χ1v) is 16.7. The van der Waals surface area contributed by atoms with E-state index in [4.69, 9.17) is 0 Å². The fourth-order valence-electron chi connectivity index (χ4n) is 6.85. The Morgan fingerprint density at radius 2 is 1.24 bits per heavy atom. The monoisotopic (exact) mass is 577 g/mol. The Bertz CT molecular complexity index is 818. The van der Waals surface area contributed by atoms with Crippen LogP contribution in [0.25, 0.3) is 0 Å². The predicted octanol–water partition coefficient (Wildman–Crippen LogP) is 4.61. The van der Waals surface area contributed by atoms with E-state index in [1.54, 1.807) is 19.0 Å². The average Bonchev–Trinajstić information content (AvgIpc) is 3.77. The maximum atomic E-state index is 13.9. The molecule has 3 fully saturated rings. The summed E-state index contributed by atoms with van der Waals surface area (Å²) in [7, 11) is 3.41. The number of amides is 3. The molecule has 236 valence electrons. The van der Waals surface area contributed by atoms with E-state index in [0.717, 1.165) is 51.4 Å². The molecular weight excluding hydrogens is 518 g/mol. The van der Waals surface area contributed by atoms with E-state index in [9.17, 15) is 24.6 Å². The van der Waals surface area contributed by atoms with Gasteiger partial charge in [-0.05, 0) is 62.2 Å². The summed E-state index contributed by atoms with van der Waals surface area (Å²) < 4.78 is 0. The van der Waals surface area contributed by atoms with Crippen LogP contribution in [0.1, 0.15) is 117 Å². The summed E-state index contributed by atoms with van der Waals surface area (Å²) in [5.74, 6) is 1.15. The van der Waals surface area contributed by atoms with E-state index in [1.807, 2.05) is 18.7 Å². The van der Waals surface area contributed by atoms with Crippen LogP contribution in [0.5, 0.6) is 0 Å². The highest BCUT2D eigenvalue weighted by Crippen LogP contribution is 2.35. The van der Waals surface area contributed by atoms with Crippen molar-refractivity contribution < 1.29 is 24.6 Å². The van der Waals surface area contributed by atoms with Crippen LogP contribution in [0.15, 0.2) is 0 Å². The average molecular weight is 578 g/mol. The second kappa shape index (κ2) is 16.8. The van der Waals surface area contributed by atoms with Crippen molar-refractivity contribution in [2.45, 2.75) is 135 Å². The van der Waals surface area contributed by atoms with Gasteiger partial charge in [0.1, 0.15) is 6.10 Å². The van der Waals surface area contributed by atoms with Crippen molar-refractivity contribution in [3.8, 4) is 0 Å². The van der Waals surface area contributed by atoms with Crippen molar-refractivity contribution in [1.82, 2.24) is 14.7 Å². The third-order valence-corrected chi connectivity index (χ3v) is 9.61. The van der Waals surface area contributed by atoms with Crippen LogP contribution in [0.3, 0.4) is 0 Å². The summed E-state index contributed by atoms with van der Waals surface area (Å²) in [6.07, 6.45) is 13.1. The van der Waals surface area contributed by atoms with Gasteiger partial charge in [-0.25, -0.2) is 0 Å². The standard InChI is InChI=1S/C33H59N3O5/c1-24(2)19-29(37)33(41)28(20-25-11-7-5-8-12-25)36(22-27-15-16-27)31(39)18-17-30(38)35(23-32(40)34(3)4)21-26-13-9-6-10-14-26/h24-29,33,37,41H,5-23H2,1-4H3/t28-,29-,33+/m0/s1. The van der Waals surface area contributed by atoms with Gasteiger partial charge in [0.25, 0.3) is 0 Å². The first-order valence-electron chi connectivity index (χ1n) is 16.7. The Kier molecular flexibility index (Phi) is 13.9. The number of hydrogen-bond acceptors (Lipinski definition) is 5. The van der Waals surface area contributed by atoms with Gasteiger partial charge in [-0.15, -0.1) is 0 Å². The highest BCUT2D eigenvalue weighted by molar-refractivity contribution is 5.87. The third kappa shape index (κ3) is 11.5. The molecule has 0 heterocycles. The number of hydrogen-bond donors (Lipinski definition) is 2. The van der Waals surface area contributed by atoms with Gasteiger partial charge >= 0.3 is 0 Å². The highest BCUT2D eigenvalue weighted by atomic mass is 16.3. The van der Waals surface area contributed by atoms with Crippen LogP contribution in [0, 0.1) is 23.7 Å². The van der Waals surface area contributed by atoms with Gasteiger partial charge in [0, 0.05) is 40.0 Å². The molecule has 0 aromatic rings. The molecule has 3 aliphatic carbocycles. The number of carbonyl (C=O) groups excluding carboxylic acids is 3. The molecule has 8 heteroatoms. The van der Waals surface area contributed by atoms with Crippen molar-refractivity contribution in [3.63, 3.8) is 0 Å². The van der Waals surface area contributed by atoms with Gasteiger partial charge < -0.3 is 24.9 Å². The van der Waals surface area contributed by atoms with E-state index in [1.165, 1.54) is 30.6 Å². The van der Waals surface area contributed by atoms with E-state index >= 15 is 0 Å². The minimum absolute atomic E-state index is 0.0483. The summed E-state index contributed by atoms with van der Waals surface area (Å²) in [6, 6.07) is -0.441. The maximum absolute atomic E-state index is 13.9. The fourth-order valence-corrected chi connectivity index (χ4v) is 6.85. The van der Waals surface area contributed by atoms with Crippen molar-refractivity contribution in [2.75, 3.05) is 33.7 Å². The summed E-state index contributed by atoms with van der Waals surface area (Å²) >= 11 is 0. The molecule has 41 heavy (non-hydrogen) atoms. The minimum atomic E-state index is -1.00. The zero-order chi connectivity index (χ0) is 29.9. The van der Waals surface area contributed by atoms with Gasteiger partial charge in [0.05, 0.1) is 18.7 Å². The lowest BCUT2D eigenvalue weighted by atomic mass is 9.81. The molecule has 0 aromatic carbocycles. The molecule has 3 amide bonds. The van der Waals surface area contributed by atoms with Crippen LogP contribution in [-0.4, -0.2) is 94.6 Å². The number of likely N-dealkylation sites (N-methyl/N-ethyl adjacent to an activating group) is 1. The Balaban J connectivity index is 1.72. The van der Waals surface area contributed by atoms with Gasteiger partial charge in [-0.3, -0.25) is 14.4 Å². The van der Waals surface area contributed by atoms with Crippen molar-refractivity contribution in [3.05, 3.63) is 0 Å². The fraction of sp³-hybridized carbons (Fsp3) is 0.909. The summed E-state index contributed by atoms with van der Waals surface area (Å²) in [6.45, 7) is 5.27. The molecule has 0 aliphatic heterocycles. The van der Waals surface area contributed by atoms with Crippen LogP contribution >= 0.6 is 0 Å². The third-order valence-electron chi connectivity index (χ3n) is 9.61. The predicted molar refractivity (Wildman–Crippen MR) is 162 cm³/mol. The Morgan fingerprint density at radius 1 is 0.707 bits per heavy atom. The molecule has 3 atom stereocenters. The molecule has 3 aliphatic rings. The SMILES string of the molecule is CC(C)C[C@H](O)[C@H](O)[C@H](CC1CCCCC1)N(CC1CC1)C(=O)CCC(=O)N(CC(=O)N(C)C)CC1CCCCC1. The molecule has 3 saturated carbocycles. The van der Waals surface area contributed by atoms with Crippen LogP contribution in [0.2, 0.25) is 0 Å². The lowest BCUT2D eigenvalue weighted by Gasteiger charge is -2.40. The number of rotatable bonds is 16. The minimum Gasteiger partial charge on any atom is -0.390 e. The topological polar surface area (TPSA) is 101 Å². The molecule has 0 spiro atoms. The van der Waals surface area contributed by atoms with E-state index in [2.05, 4.69) is 0 Å². The zero-order valence-corrected chi connectivity index (χ0v) is 26.4. The molecule has 0 saturated heterocycles. The van der Waals surface area contributed by atoms with Crippen LogP contribution in [-0.2, 0) is 14.4 Å². The second-order valence-electron chi connectivity index (χ2n) is 14.1. The quantitative estimate of drug-likeness (QED) is 0.279. The largest absolute Gasteiger partial charge is 0.390 e. The molecule has 3 rings (SSSR count). The Hall–Kier alpha value is -1.67. The maximum Gasteiger partial charge on any atom is 0.241 e. The molecule has 8 nitrogen and oxygen atoms in total.